The zero-order valence-electron chi connectivity index (χ0n) is 22.6. The van der Waals surface area contributed by atoms with Crippen LogP contribution in [-0.2, 0) is 19.1 Å². The summed E-state index contributed by atoms with van der Waals surface area (Å²) in [4.78, 5) is 69.6. The van der Waals surface area contributed by atoms with E-state index in [1.807, 2.05) is 0 Å². The molecule has 0 spiro atoms. The lowest BCUT2D eigenvalue weighted by Gasteiger charge is -2.39. The van der Waals surface area contributed by atoms with Crippen LogP contribution < -0.4 is 15.8 Å². The summed E-state index contributed by atoms with van der Waals surface area (Å²) in [7, 11) is 0. The highest BCUT2D eigenvalue weighted by molar-refractivity contribution is 6.31. The molecule has 2 aromatic rings. The molecule has 1 atom stereocenters. The number of carboxylic acids is 1. The van der Waals surface area contributed by atoms with Crippen LogP contribution in [0.5, 0.6) is 5.75 Å². The fourth-order valence-corrected chi connectivity index (χ4v) is 4.95. The van der Waals surface area contributed by atoms with Gasteiger partial charge in [-0.3, -0.25) is 19.2 Å². The summed E-state index contributed by atoms with van der Waals surface area (Å²) in [5.74, 6) is -2.76. The fourth-order valence-electron chi connectivity index (χ4n) is 4.78. The van der Waals surface area contributed by atoms with E-state index in [0.717, 1.165) is 6.42 Å². The lowest BCUT2D eigenvalue weighted by atomic mass is 9.79. The molecular weight excluding hydrogens is 558 g/mol. The summed E-state index contributed by atoms with van der Waals surface area (Å²) in [6.07, 6.45) is 0.608. The Labute approximate surface area is 240 Å². The van der Waals surface area contributed by atoms with Gasteiger partial charge in [-0.2, -0.15) is 0 Å². The topological polar surface area (TPSA) is 181 Å². The number of primary amides is 1. The predicted molar refractivity (Wildman–Crippen MR) is 146 cm³/mol. The van der Waals surface area contributed by atoms with Crippen LogP contribution in [0.2, 0.25) is 5.02 Å². The Morgan fingerprint density at radius 3 is 2.39 bits per heavy atom. The number of nitrogens with zero attached hydrogens (tertiary/aromatic N) is 3. The largest absolute Gasteiger partial charge is 0.481 e. The van der Waals surface area contributed by atoms with Crippen LogP contribution in [0.25, 0.3) is 10.9 Å². The van der Waals surface area contributed by atoms with Crippen LogP contribution in [0.15, 0.2) is 24.3 Å². The number of halogens is 1. The first-order valence-corrected chi connectivity index (χ1v) is 13.7. The Bertz CT molecular complexity index is 1360. The molecule has 220 valence electrons. The van der Waals surface area contributed by atoms with E-state index in [2.05, 4.69) is 10.3 Å². The molecule has 41 heavy (non-hydrogen) atoms. The lowest BCUT2D eigenvalue weighted by molar-refractivity contribution is -0.141. The maximum atomic E-state index is 13.4. The number of aliphatic carboxylic acids is 1. The van der Waals surface area contributed by atoms with E-state index in [-0.39, 0.29) is 57.1 Å². The van der Waals surface area contributed by atoms with Crippen molar-refractivity contribution in [3.63, 3.8) is 0 Å². The van der Waals surface area contributed by atoms with Gasteiger partial charge in [0, 0.05) is 49.1 Å². The molecule has 1 aromatic heterocycles. The van der Waals surface area contributed by atoms with Gasteiger partial charge in [-0.25, -0.2) is 9.78 Å². The Kier molecular flexibility index (Phi) is 9.16. The Hall–Kier alpha value is -4.13. The summed E-state index contributed by atoms with van der Waals surface area (Å²) in [6.45, 7) is 2.78. The Morgan fingerprint density at radius 2 is 1.80 bits per heavy atom. The standard InChI is InChI=1S/C27H32ClN5O8/c1-2-40-26(39)33-12-10-32(11-13-33)24(37)18(6-7-22(34)35)31-23(36)20-15-21(41-27(25(29)38)8-3-9-27)17-5-4-16(28)14-19(17)30-20/h4-5,14-15,18H,2-3,6-13H2,1H3,(H2,29,38)(H,31,36)(H,34,35). The van der Waals surface area contributed by atoms with Crippen LogP contribution >= 0.6 is 11.6 Å². The third kappa shape index (κ3) is 6.79. The molecule has 1 saturated carbocycles. The van der Waals surface area contributed by atoms with Crippen LogP contribution in [0, 0.1) is 0 Å². The van der Waals surface area contributed by atoms with E-state index in [9.17, 15) is 29.1 Å². The van der Waals surface area contributed by atoms with E-state index < -0.39 is 41.4 Å². The Balaban J connectivity index is 1.56. The summed E-state index contributed by atoms with van der Waals surface area (Å²) in [5, 5.41) is 12.7. The van der Waals surface area contributed by atoms with E-state index in [1.165, 1.54) is 21.9 Å². The molecule has 0 bridgehead atoms. The summed E-state index contributed by atoms with van der Waals surface area (Å²) in [5.41, 5.74) is 4.62. The number of amides is 4. The van der Waals surface area contributed by atoms with Gasteiger partial charge in [0.1, 0.15) is 17.5 Å². The van der Waals surface area contributed by atoms with Crippen molar-refractivity contribution in [2.75, 3.05) is 32.8 Å². The highest BCUT2D eigenvalue weighted by Crippen LogP contribution is 2.39. The molecule has 4 N–H and O–H groups in total. The lowest BCUT2D eigenvalue weighted by Crippen LogP contribution is -2.56. The highest BCUT2D eigenvalue weighted by Gasteiger charge is 2.45. The van der Waals surface area contributed by atoms with Crippen molar-refractivity contribution < 1.29 is 38.6 Å². The van der Waals surface area contributed by atoms with Crippen LogP contribution in [-0.4, -0.2) is 94.1 Å². The first kappa shape index (κ1) is 29.8. The number of hydrogen-bond donors (Lipinski definition) is 3. The molecule has 2 aliphatic rings. The summed E-state index contributed by atoms with van der Waals surface area (Å²) in [6, 6.07) is 5.01. The van der Waals surface area contributed by atoms with E-state index in [0.29, 0.717) is 28.8 Å². The predicted octanol–water partition coefficient (Wildman–Crippen LogP) is 1.94. The highest BCUT2D eigenvalue weighted by atomic mass is 35.5. The van der Waals surface area contributed by atoms with Gasteiger partial charge in [0.25, 0.3) is 11.8 Å². The molecule has 13 nitrogen and oxygen atoms in total. The second kappa shape index (κ2) is 12.6. The third-order valence-electron chi connectivity index (χ3n) is 7.25. The van der Waals surface area contributed by atoms with Crippen LogP contribution in [0.3, 0.4) is 0 Å². The number of benzene rings is 1. The Morgan fingerprint density at radius 1 is 1.12 bits per heavy atom. The molecule has 4 amide bonds. The number of piperazine rings is 1. The third-order valence-corrected chi connectivity index (χ3v) is 7.48. The number of pyridine rings is 1. The minimum Gasteiger partial charge on any atom is -0.481 e. The molecule has 2 fully saturated rings. The van der Waals surface area contributed by atoms with Crippen molar-refractivity contribution in [1.29, 1.82) is 0 Å². The molecule has 1 saturated heterocycles. The molecule has 1 aromatic carbocycles. The molecule has 0 radical (unpaired) electrons. The number of rotatable bonds is 10. The number of hydrogen-bond acceptors (Lipinski definition) is 8. The van der Waals surface area contributed by atoms with Gasteiger partial charge in [-0.15, -0.1) is 0 Å². The first-order chi connectivity index (χ1) is 19.5. The van der Waals surface area contributed by atoms with Crippen molar-refractivity contribution in [3.8, 4) is 5.75 Å². The average molecular weight is 590 g/mol. The number of carbonyl (C=O) groups excluding carboxylic acids is 4. The second-order valence-corrected chi connectivity index (χ2v) is 10.4. The smallest absolute Gasteiger partial charge is 0.409 e. The van der Waals surface area contributed by atoms with Crippen LogP contribution in [0.4, 0.5) is 4.79 Å². The van der Waals surface area contributed by atoms with Gasteiger partial charge >= 0.3 is 12.1 Å². The van der Waals surface area contributed by atoms with Gasteiger partial charge < -0.3 is 35.4 Å². The summed E-state index contributed by atoms with van der Waals surface area (Å²) < 4.78 is 11.1. The quantitative estimate of drug-likeness (QED) is 0.373. The zero-order valence-corrected chi connectivity index (χ0v) is 23.3. The first-order valence-electron chi connectivity index (χ1n) is 13.4. The van der Waals surface area contributed by atoms with Crippen molar-refractivity contribution in [2.45, 2.75) is 50.7 Å². The number of ether oxygens (including phenoxy) is 2. The monoisotopic (exact) mass is 589 g/mol. The second-order valence-electron chi connectivity index (χ2n) is 9.95. The van der Waals surface area contributed by atoms with Gasteiger partial charge in [0.2, 0.25) is 5.91 Å². The van der Waals surface area contributed by atoms with Crippen molar-refractivity contribution in [1.82, 2.24) is 20.1 Å². The summed E-state index contributed by atoms with van der Waals surface area (Å²) >= 11 is 6.16. The van der Waals surface area contributed by atoms with Crippen molar-refractivity contribution in [3.05, 3.63) is 35.0 Å². The molecule has 1 aliphatic heterocycles. The van der Waals surface area contributed by atoms with Crippen molar-refractivity contribution >= 4 is 52.3 Å². The molecular formula is C27H32ClN5O8. The van der Waals surface area contributed by atoms with Gasteiger partial charge in [0.15, 0.2) is 5.60 Å². The van der Waals surface area contributed by atoms with Gasteiger partial charge in [0.05, 0.1) is 12.1 Å². The number of fused-ring (bicyclic) bond motifs is 1. The van der Waals surface area contributed by atoms with Gasteiger partial charge in [-0.1, -0.05) is 11.6 Å². The molecule has 4 rings (SSSR count). The molecule has 1 aliphatic carbocycles. The number of aromatic nitrogens is 1. The number of nitrogens with two attached hydrogens (primary N) is 1. The molecule has 2 heterocycles. The maximum absolute atomic E-state index is 13.4. The molecule has 14 heteroatoms. The maximum Gasteiger partial charge on any atom is 0.409 e. The fraction of sp³-hybridized carbons (Fsp3) is 0.481. The van der Waals surface area contributed by atoms with E-state index >= 15 is 0 Å². The number of nitrogens with one attached hydrogen (secondary N) is 1. The van der Waals surface area contributed by atoms with Gasteiger partial charge in [-0.05, 0) is 50.8 Å². The number of carboxylic acid groups (broad SMARTS) is 1. The van der Waals surface area contributed by atoms with Crippen molar-refractivity contribution in [2.24, 2.45) is 5.73 Å². The van der Waals surface area contributed by atoms with Crippen LogP contribution in [0.1, 0.15) is 49.5 Å². The minimum atomic E-state index is -1.20. The normalized spacial score (nSPS) is 16.8. The number of carbonyl (C=O) groups is 5. The zero-order chi connectivity index (χ0) is 29.7. The van der Waals surface area contributed by atoms with E-state index in [1.54, 1.807) is 19.1 Å². The van der Waals surface area contributed by atoms with E-state index in [4.69, 9.17) is 26.8 Å². The minimum absolute atomic E-state index is 0.117. The molecule has 1 unspecified atom stereocenters. The average Bonchev–Trinajstić information content (AvgIpc) is 2.91. The SMILES string of the molecule is CCOC(=O)N1CCN(C(=O)C(CCC(=O)O)NC(=O)c2cc(OC3(C(N)=O)CCC3)c3ccc(Cl)cc3n2)CC1.